The minimum atomic E-state index is -1.07. The molecule has 0 saturated carbocycles. The number of aromatic nitrogens is 1. The van der Waals surface area contributed by atoms with E-state index in [1.807, 2.05) is 37.3 Å². The second-order valence-electron chi connectivity index (χ2n) is 7.18. The molecule has 0 fully saturated rings. The zero-order valence-corrected chi connectivity index (χ0v) is 18.5. The Balaban J connectivity index is 0.000000654. The van der Waals surface area contributed by atoms with Crippen molar-refractivity contribution >= 4 is 12.4 Å². The maximum Gasteiger partial charge on any atom is 0.353 e. The molecule has 0 aliphatic rings. The van der Waals surface area contributed by atoms with Gasteiger partial charge in [-0.15, -0.1) is 0 Å². The number of benzene rings is 2. The number of nitrogens with zero attached hydrogens (tertiary/aromatic N) is 4. The summed E-state index contributed by atoms with van der Waals surface area (Å²) in [6, 6.07) is 18.9. The van der Waals surface area contributed by atoms with Crippen LogP contribution in [0, 0.1) is 22.7 Å². The van der Waals surface area contributed by atoms with Crippen molar-refractivity contribution in [3.8, 4) is 34.4 Å². The molecular formula is C25H24N4O3. The van der Waals surface area contributed by atoms with Crippen LogP contribution >= 0.6 is 0 Å². The average molecular weight is 428 g/mol. The number of carboxylic acids is 1. The van der Waals surface area contributed by atoms with Gasteiger partial charge in [0.2, 0.25) is 6.41 Å². The predicted molar refractivity (Wildman–Crippen MR) is 122 cm³/mol. The maximum absolute atomic E-state index is 11.8. The molecule has 1 heterocycles. The SMILES string of the molecule is CCc1c(C#N)c(-c2ccc(-c3ccccc3C#N)cc2)c(C(=O)O)n1C.CN(C)C=O. The van der Waals surface area contributed by atoms with Crippen LogP contribution in [0.1, 0.15) is 34.2 Å². The number of hydrogen-bond acceptors (Lipinski definition) is 4. The molecule has 0 saturated heterocycles. The summed E-state index contributed by atoms with van der Waals surface area (Å²) in [6.45, 7) is 1.90. The first-order valence-corrected chi connectivity index (χ1v) is 9.87. The largest absolute Gasteiger partial charge is 0.477 e. The van der Waals surface area contributed by atoms with Crippen LogP contribution in [0.3, 0.4) is 0 Å². The summed E-state index contributed by atoms with van der Waals surface area (Å²) in [4.78, 5) is 22.7. The fraction of sp³-hybridized carbons (Fsp3) is 0.200. The van der Waals surface area contributed by atoms with Gasteiger partial charge in [0.1, 0.15) is 11.8 Å². The number of carboxylic acid groups (broad SMARTS) is 1. The number of rotatable bonds is 5. The molecule has 1 aromatic heterocycles. The van der Waals surface area contributed by atoms with Gasteiger partial charge in [0, 0.05) is 32.4 Å². The summed E-state index contributed by atoms with van der Waals surface area (Å²) in [5, 5.41) is 28.6. The molecule has 7 nitrogen and oxygen atoms in total. The number of amides is 1. The summed E-state index contributed by atoms with van der Waals surface area (Å²) in [5.41, 5.74) is 4.54. The Hall–Kier alpha value is -4.36. The van der Waals surface area contributed by atoms with Gasteiger partial charge in [0.15, 0.2) is 0 Å². The van der Waals surface area contributed by atoms with Crippen LogP contribution in [0.2, 0.25) is 0 Å². The fourth-order valence-corrected chi connectivity index (χ4v) is 3.45. The molecule has 1 amide bonds. The van der Waals surface area contributed by atoms with Gasteiger partial charge in [-0.3, -0.25) is 4.79 Å². The lowest BCUT2D eigenvalue weighted by molar-refractivity contribution is -0.115. The molecule has 0 spiro atoms. The smallest absolute Gasteiger partial charge is 0.353 e. The van der Waals surface area contributed by atoms with Gasteiger partial charge < -0.3 is 14.6 Å². The van der Waals surface area contributed by atoms with Crippen molar-refractivity contribution in [3.63, 3.8) is 0 Å². The highest BCUT2D eigenvalue weighted by Crippen LogP contribution is 2.34. The quantitative estimate of drug-likeness (QED) is 0.616. The second kappa shape index (κ2) is 10.6. The zero-order chi connectivity index (χ0) is 23.8. The average Bonchev–Trinajstić information content (AvgIpc) is 3.10. The standard InChI is InChI=1S/C22H17N3O2.C3H7NO/c1-3-19-18(13-24)20(21(22(26)27)25(19)2)15-10-8-14(9-11-15)17-7-5-4-6-16(17)12-23;1-4(2)3-5/h4-11H,3H2,1-2H3,(H,26,27);3H,1-2H3. The van der Waals surface area contributed by atoms with Gasteiger partial charge in [0.05, 0.1) is 17.2 Å². The molecule has 1 N–H and O–H groups in total. The van der Waals surface area contributed by atoms with E-state index in [9.17, 15) is 25.2 Å². The molecule has 0 radical (unpaired) electrons. The third-order valence-corrected chi connectivity index (χ3v) is 4.91. The minimum Gasteiger partial charge on any atom is -0.477 e. The van der Waals surface area contributed by atoms with Gasteiger partial charge in [-0.25, -0.2) is 4.79 Å². The van der Waals surface area contributed by atoms with Crippen LogP contribution < -0.4 is 0 Å². The van der Waals surface area contributed by atoms with Crippen LogP contribution in [0.4, 0.5) is 0 Å². The lowest BCUT2D eigenvalue weighted by Gasteiger charge is -2.07. The molecule has 32 heavy (non-hydrogen) atoms. The first kappa shape index (κ1) is 23.9. The van der Waals surface area contributed by atoms with Gasteiger partial charge in [0.25, 0.3) is 0 Å². The van der Waals surface area contributed by atoms with Crippen molar-refractivity contribution in [3.05, 3.63) is 71.0 Å². The van der Waals surface area contributed by atoms with E-state index in [-0.39, 0.29) is 5.69 Å². The summed E-state index contributed by atoms with van der Waals surface area (Å²) in [5.74, 6) is -1.07. The molecule has 0 unspecified atom stereocenters. The Morgan fingerprint density at radius 1 is 1.06 bits per heavy atom. The van der Waals surface area contributed by atoms with E-state index in [0.717, 1.165) is 17.5 Å². The van der Waals surface area contributed by atoms with Crippen molar-refractivity contribution < 1.29 is 14.7 Å². The lowest BCUT2D eigenvalue weighted by Crippen LogP contribution is -2.07. The number of aromatic carboxylic acids is 1. The zero-order valence-electron chi connectivity index (χ0n) is 18.5. The molecule has 0 atom stereocenters. The Bertz CT molecular complexity index is 1210. The van der Waals surface area contributed by atoms with Crippen molar-refractivity contribution in [1.82, 2.24) is 9.47 Å². The topological polar surface area (TPSA) is 110 Å². The lowest BCUT2D eigenvalue weighted by atomic mass is 9.95. The maximum atomic E-state index is 11.8. The molecule has 2 aromatic carbocycles. The Kier molecular flexibility index (Phi) is 7.92. The molecule has 0 bridgehead atoms. The highest BCUT2D eigenvalue weighted by atomic mass is 16.4. The van der Waals surface area contributed by atoms with E-state index in [1.165, 1.54) is 4.90 Å². The fourth-order valence-electron chi connectivity index (χ4n) is 3.45. The van der Waals surface area contributed by atoms with Crippen molar-refractivity contribution in [2.75, 3.05) is 14.1 Å². The number of nitriles is 2. The van der Waals surface area contributed by atoms with Crippen molar-refractivity contribution in [2.45, 2.75) is 13.3 Å². The van der Waals surface area contributed by atoms with Gasteiger partial charge in [-0.2, -0.15) is 10.5 Å². The molecule has 162 valence electrons. The molecule has 7 heteroatoms. The predicted octanol–water partition coefficient (Wildman–Crippen LogP) is 4.07. The third kappa shape index (κ3) is 4.85. The highest BCUT2D eigenvalue weighted by molar-refractivity contribution is 5.97. The van der Waals surface area contributed by atoms with Crippen LogP contribution in [-0.4, -0.2) is 41.0 Å². The number of carbonyl (C=O) groups is 2. The first-order chi connectivity index (χ1) is 15.3. The summed E-state index contributed by atoms with van der Waals surface area (Å²) in [7, 11) is 5.05. The Morgan fingerprint density at radius 3 is 2.09 bits per heavy atom. The van der Waals surface area contributed by atoms with Crippen molar-refractivity contribution in [2.24, 2.45) is 7.05 Å². The highest BCUT2D eigenvalue weighted by Gasteiger charge is 2.25. The van der Waals surface area contributed by atoms with Crippen LogP contribution in [-0.2, 0) is 18.3 Å². The Labute approximate surface area is 187 Å². The molecule has 0 aliphatic carbocycles. The van der Waals surface area contributed by atoms with Gasteiger partial charge >= 0.3 is 5.97 Å². The van der Waals surface area contributed by atoms with E-state index in [1.54, 1.807) is 43.9 Å². The van der Waals surface area contributed by atoms with Gasteiger partial charge in [-0.05, 0) is 29.2 Å². The van der Waals surface area contributed by atoms with Crippen LogP contribution in [0.25, 0.3) is 22.3 Å². The second-order valence-corrected chi connectivity index (χ2v) is 7.18. The molecule has 3 aromatic rings. The van der Waals surface area contributed by atoms with E-state index >= 15 is 0 Å². The van der Waals surface area contributed by atoms with Crippen LogP contribution in [0.15, 0.2) is 48.5 Å². The van der Waals surface area contributed by atoms with E-state index < -0.39 is 5.97 Å². The third-order valence-electron chi connectivity index (χ3n) is 4.91. The molecule has 3 rings (SSSR count). The monoisotopic (exact) mass is 428 g/mol. The summed E-state index contributed by atoms with van der Waals surface area (Å²) < 4.78 is 1.58. The summed E-state index contributed by atoms with van der Waals surface area (Å²) >= 11 is 0. The summed E-state index contributed by atoms with van der Waals surface area (Å²) in [6.07, 6.45) is 1.31. The first-order valence-electron chi connectivity index (χ1n) is 9.87. The van der Waals surface area contributed by atoms with Crippen molar-refractivity contribution in [1.29, 1.82) is 10.5 Å². The minimum absolute atomic E-state index is 0.105. The van der Waals surface area contributed by atoms with E-state index in [2.05, 4.69) is 12.1 Å². The molecule has 0 aliphatic heterocycles. The Morgan fingerprint density at radius 2 is 1.62 bits per heavy atom. The normalized spacial score (nSPS) is 9.69. The van der Waals surface area contributed by atoms with Crippen LogP contribution in [0.5, 0.6) is 0 Å². The van der Waals surface area contributed by atoms with E-state index in [0.29, 0.717) is 34.4 Å². The number of carbonyl (C=O) groups excluding carboxylic acids is 1. The molecular weight excluding hydrogens is 404 g/mol. The van der Waals surface area contributed by atoms with Gasteiger partial charge in [-0.1, -0.05) is 49.4 Å². The number of hydrogen-bond donors (Lipinski definition) is 1. The van der Waals surface area contributed by atoms with E-state index in [4.69, 9.17) is 0 Å².